The van der Waals surface area contributed by atoms with Gasteiger partial charge in [-0.2, -0.15) is 0 Å². The van der Waals surface area contributed by atoms with Gasteiger partial charge in [0, 0.05) is 43.5 Å². The van der Waals surface area contributed by atoms with Crippen molar-refractivity contribution in [2.24, 2.45) is 0 Å². The summed E-state index contributed by atoms with van der Waals surface area (Å²) >= 11 is 1.88. The Labute approximate surface area is 170 Å². The number of rotatable bonds is 7. The number of anilines is 2. The van der Waals surface area contributed by atoms with E-state index in [1.807, 2.05) is 18.0 Å². The van der Waals surface area contributed by atoms with Gasteiger partial charge in [0.2, 0.25) is 0 Å². The van der Waals surface area contributed by atoms with Crippen molar-refractivity contribution in [2.75, 3.05) is 42.1 Å². The molecule has 1 unspecified atom stereocenters. The van der Waals surface area contributed by atoms with E-state index in [0.29, 0.717) is 11.4 Å². The molecule has 1 fully saturated rings. The van der Waals surface area contributed by atoms with Gasteiger partial charge >= 0.3 is 0 Å². The molecule has 152 valence electrons. The van der Waals surface area contributed by atoms with Crippen LogP contribution >= 0.6 is 11.9 Å². The van der Waals surface area contributed by atoms with Gasteiger partial charge in [-0.3, -0.25) is 0 Å². The van der Waals surface area contributed by atoms with Crippen molar-refractivity contribution in [1.29, 1.82) is 0 Å². The lowest BCUT2D eigenvalue weighted by Gasteiger charge is -2.46. The fourth-order valence-electron chi connectivity index (χ4n) is 3.35. The van der Waals surface area contributed by atoms with Crippen molar-refractivity contribution in [1.82, 2.24) is 14.3 Å². The summed E-state index contributed by atoms with van der Waals surface area (Å²) in [4.78, 5) is 11.0. The van der Waals surface area contributed by atoms with E-state index in [-0.39, 0.29) is 17.9 Å². The van der Waals surface area contributed by atoms with Gasteiger partial charge in [-0.15, -0.1) is 0 Å². The van der Waals surface area contributed by atoms with Crippen LogP contribution < -0.4 is 10.2 Å². The minimum absolute atomic E-state index is 0.0518. The largest absolute Gasteiger partial charge is 0.387 e. The smallest absolute Gasteiger partial charge is 0.134 e. The van der Waals surface area contributed by atoms with Gasteiger partial charge in [-0.1, -0.05) is 31.0 Å². The molecule has 0 radical (unpaired) electrons. The highest BCUT2D eigenvalue weighted by Gasteiger charge is 2.34. The summed E-state index contributed by atoms with van der Waals surface area (Å²) in [5, 5.41) is 13.4. The van der Waals surface area contributed by atoms with Gasteiger partial charge in [0.05, 0.1) is 6.10 Å². The van der Waals surface area contributed by atoms with Crippen LogP contribution in [0.1, 0.15) is 32.4 Å². The van der Waals surface area contributed by atoms with Crippen molar-refractivity contribution in [3.63, 3.8) is 0 Å². The fourth-order valence-corrected chi connectivity index (χ4v) is 4.28. The SMILES string of the molecule is CCSN1CCN(c2cc(NCC(O)c3ccc(F)cc3)ncn2)CC1(C)C. The Balaban J connectivity index is 1.62. The summed E-state index contributed by atoms with van der Waals surface area (Å²) in [5.41, 5.74) is 0.713. The Kier molecular flexibility index (Phi) is 6.74. The molecule has 0 aliphatic carbocycles. The molecule has 6 nitrogen and oxygen atoms in total. The molecule has 3 rings (SSSR count). The molecule has 2 aromatic rings. The van der Waals surface area contributed by atoms with Gasteiger partial charge in [0.25, 0.3) is 0 Å². The zero-order chi connectivity index (χ0) is 20.1. The van der Waals surface area contributed by atoms with E-state index in [9.17, 15) is 9.50 Å². The molecule has 2 heterocycles. The predicted octanol–water partition coefficient (Wildman–Crippen LogP) is 3.33. The van der Waals surface area contributed by atoms with Gasteiger partial charge in [0.15, 0.2) is 0 Å². The molecular formula is C20H28FN5OS. The summed E-state index contributed by atoms with van der Waals surface area (Å²) in [6.45, 7) is 9.73. The first-order valence-corrected chi connectivity index (χ1v) is 10.5. The van der Waals surface area contributed by atoms with Crippen LogP contribution in [0.2, 0.25) is 0 Å². The second-order valence-corrected chi connectivity index (χ2v) is 8.74. The zero-order valence-electron chi connectivity index (χ0n) is 16.6. The third-order valence-electron chi connectivity index (χ3n) is 4.82. The number of hydrogen-bond donors (Lipinski definition) is 2. The van der Waals surface area contributed by atoms with E-state index < -0.39 is 6.10 Å². The molecule has 1 aromatic carbocycles. The molecule has 28 heavy (non-hydrogen) atoms. The highest BCUT2D eigenvalue weighted by atomic mass is 32.2. The first-order valence-electron chi connectivity index (χ1n) is 9.54. The van der Waals surface area contributed by atoms with E-state index in [0.717, 1.165) is 31.2 Å². The maximum Gasteiger partial charge on any atom is 0.134 e. The van der Waals surface area contributed by atoms with Crippen molar-refractivity contribution in [3.05, 3.63) is 48.0 Å². The first-order chi connectivity index (χ1) is 13.4. The van der Waals surface area contributed by atoms with Gasteiger partial charge in [-0.05, 0) is 31.5 Å². The van der Waals surface area contributed by atoms with Crippen molar-refractivity contribution in [2.45, 2.75) is 32.4 Å². The normalized spacial score (nSPS) is 18.1. The number of halogens is 1. The molecule has 1 aliphatic heterocycles. The highest BCUT2D eigenvalue weighted by molar-refractivity contribution is 7.97. The average molecular weight is 406 g/mol. The number of nitrogens with one attached hydrogen (secondary N) is 1. The van der Waals surface area contributed by atoms with Gasteiger partial charge in [-0.25, -0.2) is 18.7 Å². The van der Waals surface area contributed by atoms with Crippen LogP contribution in [0.25, 0.3) is 0 Å². The molecule has 2 N–H and O–H groups in total. The monoisotopic (exact) mass is 405 g/mol. The van der Waals surface area contributed by atoms with E-state index in [1.54, 1.807) is 18.5 Å². The molecule has 1 aliphatic rings. The first kappa shape index (κ1) is 20.8. The van der Waals surface area contributed by atoms with Crippen LogP contribution in [0, 0.1) is 5.82 Å². The summed E-state index contributed by atoms with van der Waals surface area (Å²) in [7, 11) is 0. The Bertz CT molecular complexity index is 773. The van der Waals surface area contributed by atoms with Crippen LogP contribution in [0.4, 0.5) is 16.0 Å². The number of benzene rings is 1. The molecule has 1 atom stereocenters. The van der Waals surface area contributed by atoms with Gasteiger partial charge < -0.3 is 15.3 Å². The topological polar surface area (TPSA) is 64.5 Å². The molecule has 0 amide bonds. The highest BCUT2D eigenvalue weighted by Crippen LogP contribution is 2.30. The van der Waals surface area contributed by atoms with E-state index in [2.05, 4.69) is 45.3 Å². The Morgan fingerprint density at radius 2 is 2.00 bits per heavy atom. The second kappa shape index (κ2) is 9.07. The average Bonchev–Trinajstić information content (AvgIpc) is 2.68. The van der Waals surface area contributed by atoms with Crippen LogP contribution in [-0.2, 0) is 0 Å². The molecule has 0 saturated carbocycles. The van der Waals surface area contributed by atoms with Gasteiger partial charge in [0.1, 0.15) is 23.8 Å². The van der Waals surface area contributed by atoms with Crippen molar-refractivity contribution >= 4 is 23.6 Å². The van der Waals surface area contributed by atoms with E-state index in [1.165, 1.54) is 12.1 Å². The third kappa shape index (κ3) is 5.12. The van der Waals surface area contributed by atoms with Crippen molar-refractivity contribution < 1.29 is 9.50 Å². The minimum Gasteiger partial charge on any atom is -0.387 e. The molecule has 0 bridgehead atoms. The Hall–Kier alpha value is -1.90. The zero-order valence-corrected chi connectivity index (χ0v) is 17.4. The summed E-state index contributed by atoms with van der Waals surface area (Å²) < 4.78 is 15.5. The fraction of sp³-hybridized carbons (Fsp3) is 0.500. The maximum absolute atomic E-state index is 13.0. The second-order valence-electron chi connectivity index (χ2n) is 7.46. The van der Waals surface area contributed by atoms with Crippen LogP contribution in [-0.4, -0.2) is 56.9 Å². The standard InChI is InChI=1S/C20H28FN5OS/c1-4-28-26-10-9-25(13-20(26,2)3)19-11-18(23-14-24-19)22-12-17(27)15-5-7-16(21)8-6-15/h5-8,11,14,17,27H,4,9-10,12-13H2,1-3H3,(H,22,23,24). The molecule has 0 spiro atoms. The maximum atomic E-state index is 13.0. The van der Waals surface area contributed by atoms with Crippen LogP contribution in [0.3, 0.4) is 0 Å². The Morgan fingerprint density at radius 3 is 2.68 bits per heavy atom. The predicted molar refractivity (Wildman–Crippen MR) is 113 cm³/mol. The van der Waals surface area contributed by atoms with Crippen LogP contribution in [0.5, 0.6) is 0 Å². The lowest BCUT2D eigenvalue weighted by molar-refractivity contribution is 0.191. The van der Waals surface area contributed by atoms with Crippen molar-refractivity contribution in [3.8, 4) is 0 Å². The minimum atomic E-state index is -0.743. The Morgan fingerprint density at radius 1 is 1.25 bits per heavy atom. The number of aromatic nitrogens is 2. The number of nitrogens with zero attached hydrogens (tertiary/aromatic N) is 4. The van der Waals surface area contributed by atoms with Crippen LogP contribution in [0.15, 0.2) is 36.7 Å². The lowest BCUT2D eigenvalue weighted by Crippen LogP contribution is -2.56. The quantitative estimate of drug-likeness (QED) is 0.685. The lowest BCUT2D eigenvalue weighted by atomic mass is 10.0. The third-order valence-corrected chi connectivity index (χ3v) is 6.07. The number of aliphatic hydroxyl groups is 1. The number of aliphatic hydroxyl groups excluding tert-OH is 1. The number of piperazine rings is 1. The molecular weight excluding hydrogens is 377 g/mol. The molecule has 1 aromatic heterocycles. The number of hydrogen-bond acceptors (Lipinski definition) is 7. The molecule has 8 heteroatoms. The van der Waals surface area contributed by atoms with E-state index >= 15 is 0 Å². The summed E-state index contributed by atoms with van der Waals surface area (Å²) in [5.74, 6) is 2.29. The molecule has 1 saturated heterocycles. The summed E-state index contributed by atoms with van der Waals surface area (Å²) in [6, 6.07) is 7.78. The summed E-state index contributed by atoms with van der Waals surface area (Å²) in [6.07, 6.45) is 0.801. The van der Waals surface area contributed by atoms with E-state index in [4.69, 9.17) is 0 Å².